The van der Waals surface area contributed by atoms with Crippen molar-refractivity contribution in [2.75, 3.05) is 12.4 Å². The Balaban J connectivity index is 1.49. The number of anilines is 1. The number of methoxy groups -OCH3 is 1. The standard InChI is InChI=1S/C25H24ClN5O4/c1-14-19(15(2)31-25(29-14)20(13-28-31)24(27)33)9-11-23(32)30-21-12-16(26)4-10-22(21)35-18-7-5-17(34-3)6-8-18/h4-8,10,12-13H,9,11H2,1-3H3,(H2,27,33)(H,30,32). The van der Waals surface area contributed by atoms with Crippen molar-refractivity contribution < 1.29 is 19.1 Å². The van der Waals surface area contributed by atoms with E-state index in [1.807, 2.05) is 13.8 Å². The van der Waals surface area contributed by atoms with Crippen LogP contribution in [-0.2, 0) is 11.2 Å². The smallest absolute Gasteiger partial charge is 0.254 e. The number of benzene rings is 2. The Morgan fingerprint density at radius 1 is 1.11 bits per heavy atom. The summed E-state index contributed by atoms with van der Waals surface area (Å²) in [5.74, 6) is 0.945. The van der Waals surface area contributed by atoms with Crippen molar-refractivity contribution >= 4 is 34.7 Å². The third-order valence-electron chi connectivity index (χ3n) is 5.58. The number of primary amides is 1. The van der Waals surface area contributed by atoms with Gasteiger partial charge in [0.15, 0.2) is 11.4 Å². The van der Waals surface area contributed by atoms with E-state index in [9.17, 15) is 9.59 Å². The molecule has 2 amide bonds. The first-order valence-corrected chi connectivity index (χ1v) is 11.2. The van der Waals surface area contributed by atoms with Gasteiger partial charge in [0.2, 0.25) is 5.91 Å². The van der Waals surface area contributed by atoms with Crippen molar-refractivity contribution in [3.05, 3.63) is 76.2 Å². The number of ether oxygens (including phenoxy) is 2. The van der Waals surface area contributed by atoms with E-state index in [4.69, 9.17) is 26.8 Å². The monoisotopic (exact) mass is 493 g/mol. The second kappa shape index (κ2) is 10.0. The average molecular weight is 494 g/mol. The van der Waals surface area contributed by atoms with Crippen LogP contribution in [0.15, 0.2) is 48.7 Å². The fourth-order valence-electron chi connectivity index (χ4n) is 3.76. The maximum Gasteiger partial charge on any atom is 0.254 e. The predicted molar refractivity (Wildman–Crippen MR) is 132 cm³/mol. The first-order valence-electron chi connectivity index (χ1n) is 10.8. The van der Waals surface area contributed by atoms with E-state index in [0.717, 1.165) is 11.3 Å². The zero-order chi connectivity index (χ0) is 25.1. The number of rotatable bonds is 8. The van der Waals surface area contributed by atoms with Crippen LogP contribution in [0.3, 0.4) is 0 Å². The van der Waals surface area contributed by atoms with Crippen LogP contribution in [0.4, 0.5) is 5.69 Å². The van der Waals surface area contributed by atoms with E-state index in [1.165, 1.54) is 6.20 Å². The Labute approximate surface area is 206 Å². The van der Waals surface area contributed by atoms with Crippen LogP contribution < -0.4 is 20.5 Å². The molecule has 0 atom stereocenters. The van der Waals surface area contributed by atoms with E-state index in [0.29, 0.717) is 45.7 Å². The maximum absolute atomic E-state index is 12.8. The number of hydrogen-bond donors (Lipinski definition) is 2. The number of carbonyl (C=O) groups is 2. The van der Waals surface area contributed by atoms with Crippen LogP contribution in [0.2, 0.25) is 5.02 Å². The van der Waals surface area contributed by atoms with Crippen LogP contribution in [0, 0.1) is 13.8 Å². The van der Waals surface area contributed by atoms with Crippen molar-refractivity contribution in [1.29, 1.82) is 0 Å². The lowest BCUT2D eigenvalue weighted by Crippen LogP contribution is -2.15. The van der Waals surface area contributed by atoms with Crippen LogP contribution in [0.1, 0.15) is 33.7 Å². The van der Waals surface area contributed by atoms with Gasteiger partial charge >= 0.3 is 0 Å². The number of amides is 2. The van der Waals surface area contributed by atoms with Gasteiger partial charge in [-0.05, 0) is 68.3 Å². The van der Waals surface area contributed by atoms with E-state index >= 15 is 0 Å². The van der Waals surface area contributed by atoms with Crippen molar-refractivity contribution in [2.45, 2.75) is 26.7 Å². The summed E-state index contributed by atoms with van der Waals surface area (Å²) in [5.41, 5.74) is 8.89. The molecule has 0 bridgehead atoms. The molecule has 2 aromatic carbocycles. The van der Waals surface area contributed by atoms with E-state index < -0.39 is 5.91 Å². The molecule has 0 aliphatic heterocycles. The number of aryl methyl sites for hydroxylation is 2. The van der Waals surface area contributed by atoms with E-state index in [-0.39, 0.29) is 17.9 Å². The minimum Gasteiger partial charge on any atom is -0.497 e. The summed E-state index contributed by atoms with van der Waals surface area (Å²) in [6, 6.07) is 12.1. The number of aromatic nitrogens is 3. The normalized spacial score (nSPS) is 10.9. The Morgan fingerprint density at radius 3 is 2.51 bits per heavy atom. The van der Waals surface area contributed by atoms with E-state index in [1.54, 1.807) is 54.1 Å². The first-order chi connectivity index (χ1) is 16.8. The van der Waals surface area contributed by atoms with Crippen molar-refractivity contribution in [3.63, 3.8) is 0 Å². The van der Waals surface area contributed by atoms with Gasteiger partial charge in [0.1, 0.15) is 17.1 Å². The highest BCUT2D eigenvalue weighted by Crippen LogP contribution is 2.33. The fraction of sp³-hybridized carbons (Fsp3) is 0.200. The molecule has 0 spiro atoms. The largest absolute Gasteiger partial charge is 0.497 e. The number of carbonyl (C=O) groups excluding carboxylic acids is 2. The van der Waals surface area contributed by atoms with Crippen molar-refractivity contribution in [2.24, 2.45) is 5.73 Å². The molecule has 0 fully saturated rings. The Bertz CT molecular complexity index is 1420. The topological polar surface area (TPSA) is 121 Å². The molecule has 180 valence electrons. The van der Waals surface area contributed by atoms with Crippen LogP contribution in [0.25, 0.3) is 5.65 Å². The molecule has 0 saturated carbocycles. The first kappa shape index (κ1) is 24.0. The second-order valence-corrected chi connectivity index (χ2v) is 8.32. The molecule has 0 aliphatic carbocycles. The van der Waals surface area contributed by atoms with Gasteiger partial charge < -0.3 is 20.5 Å². The van der Waals surface area contributed by atoms with Gasteiger partial charge in [-0.3, -0.25) is 9.59 Å². The Kier molecular flexibility index (Phi) is 6.88. The molecule has 2 heterocycles. The summed E-state index contributed by atoms with van der Waals surface area (Å²) in [5, 5.41) is 7.57. The van der Waals surface area contributed by atoms with Gasteiger partial charge in [0.05, 0.1) is 19.0 Å². The number of nitrogens with zero attached hydrogens (tertiary/aromatic N) is 3. The molecule has 9 nitrogen and oxygen atoms in total. The number of fused-ring (bicyclic) bond motifs is 1. The summed E-state index contributed by atoms with van der Waals surface area (Å²) in [7, 11) is 1.59. The molecular formula is C25H24ClN5O4. The summed E-state index contributed by atoms with van der Waals surface area (Å²) in [6.07, 6.45) is 2.01. The number of halogens is 1. The lowest BCUT2D eigenvalue weighted by Gasteiger charge is -2.14. The van der Waals surface area contributed by atoms with Gasteiger partial charge in [-0.2, -0.15) is 5.10 Å². The zero-order valence-electron chi connectivity index (χ0n) is 19.5. The van der Waals surface area contributed by atoms with Crippen molar-refractivity contribution in [1.82, 2.24) is 14.6 Å². The maximum atomic E-state index is 12.8. The van der Waals surface area contributed by atoms with E-state index in [2.05, 4.69) is 15.4 Å². The molecule has 10 heteroatoms. The lowest BCUT2D eigenvalue weighted by atomic mass is 10.1. The van der Waals surface area contributed by atoms with Crippen LogP contribution in [0.5, 0.6) is 17.2 Å². The lowest BCUT2D eigenvalue weighted by molar-refractivity contribution is -0.116. The van der Waals surface area contributed by atoms with Crippen molar-refractivity contribution in [3.8, 4) is 17.2 Å². The molecule has 0 unspecified atom stereocenters. The summed E-state index contributed by atoms with van der Waals surface area (Å²) in [6.45, 7) is 3.69. The molecule has 0 aliphatic rings. The molecule has 2 aromatic heterocycles. The highest BCUT2D eigenvalue weighted by Gasteiger charge is 2.18. The molecule has 4 rings (SSSR count). The molecule has 0 saturated heterocycles. The number of hydrogen-bond acceptors (Lipinski definition) is 6. The fourth-order valence-corrected chi connectivity index (χ4v) is 3.93. The van der Waals surface area contributed by atoms with Gasteiger partial charge in [0, 0.05) is 22.8 Å². The highest BCUT2D eigenvalue weighted by atomic mass is 35.5. The quantitative estimate of drug-likeness (QED) is 0.373. The SMILES string of the molecule is COc1ccc(Oc2ccc(Cl)cc2NC(=O)CCc2c(C)nc3c(C(N)=O)cnn3c2C)cc1. The second-order valence-electron chi connectivity index (χ2n) is 7.89. The Hall–Kier alpha value is -4.11. The third kappa shape index (κ3) is 5.20. The highest BCUT2D eigenvalue weighted by molar-refractivity contribution is 6.31. The predicted octanol–water partition coefficient (Wildman–Crippen LogP) is 4.47. The molecular weight excluding hydrogens is 470 g/mol. The van der Waals surface area contributed by atoms with Gasteiger partial charge in [-0.25, -0.2) is 9.50 Å². The molecule has 3 N–H and O–H groups in total. The zero-order valence-corrected chi connectivity index (χ0v) is 20.2. The number of nitrogens with one attached hydrogen (secondary N) is 1. The van der Waals surface area contributed by atoms with Gasteiger partial charge in [-0.15, -0.1) is 0 Å². The molecule has 4 aromatic rings. The summed E-state index contributed by atoms with van der Waals surface area (Å²) >= 11 is 6.16. The molecule has 0 radical (unpaired) electrons. The van der Waals surface area contributed by atoms with Crippen LogP contribution in [-0.4, -0.2) is 33.5 Å². The molecule has 35 heavy (non-hydrogen) atoms. The van der Waals surface area contributed by atoms with Gasteiger partial charge in [0.25, 0.3) is 5.91 Å². The summed E-state index contributed by atoms with van der Waals surface area (Å²) < 4.78 is 12.7. The third-order valence-corrected chi connectivity index (χ3v) is 5.81. The van der Waals surface area contributed by atoms with Crippen LogP contribution >= 0.6 is 11.6 Å². The average Bonchev–Trinajstić information content (AvgIpc) is 3.25. The minimum absolute atomic E-state index is 0.188. The number of nitrogens with two attached hydrogens (primary N) is 1. The summed E-state index contributed by atoms with van der Waals surface area (Å²) in [4.78, 5) is 28.9. The van der Waals surface area contributed by atoms with Gasteiger partial charge in [-0.1, -0.05) is 11.6 Å². The minimum atomic E-state index is -0.590. The Morgan fingerprint density at radius 2 is 1.83 bits per heavy atom.